The van der Waals surface area contributed by atoms with Gasteiger partial charge in [-0.2, -0.15) is 0 Å². The number of aromatic amines is 2. The van der Waals surface area contributed by atoms with E-state index in [0.717, 1.165) is 25.7 Å². The molecule has 6 heteroatoms. The van der Waals surface area contributed by atoms with E-state index in [1.165, 1.54) is 17.7 Å². The van der Waals surface area contributed by atoms with Crippen LogP contribution in [0.25, 0.3) is 0 Å². The predicted molar refractivity (Wildman–Crippen MR) is 112 cm³/mol. The molecule has 1 aliphatic rings. The van der Waals surface area contributed by atoms with Gasteiger partial charge in [0.05, 0.1) is 0 Å². The molecule has 0 aliphatic heterocycles. The van der Waals surface area contributed by atoms with Crippen LogP contribution in [0.3, 0.4) is 0 Å². The Kier molecular flexibility index (Phi) is 5.67. The van der Waals surface area contributed by atoms with Crippen LogP contribution >= 0.6 is 11.6 Å². The van der Waals surface area contributed by atoms with Crippen molar-refractivity contribution in [2.45, 2.75) is 43.9 Å². The fraction of sp³-hybridized carbons (Fsp3) is 0.304. The molecule has 0 atom stereocenters. The van der Waals surface area contributed by atoms with Crippen molar-refractivity contribution in [3.05, 3.63) is 103 Å². The molecule has 4 rings (SSSR count). The van der Waals surface area contributed by atoms with Crippen LogP contribution in [-0.2, 0) is 6.42 Å². The number of hydrogen-bond donors (Lipinski definition) is 2. The lowest BCUT2D eigenvalue weighted by molar-refractivity contribution is 0.388. The zero-order valence-electron chi connectivity index (χ0n) is 15.9. The van der Waals surface area contributed by atoms with Crippen molar-refractivity contribution >= 4 is 11.6 Å². The molecule has 150 valence electrons. The fourth-order valence-corrected chi connectivity index (χ4v) is 4.58. The molecule has 1 aliphatic carbocycles. The fourth-order valence-electron chi connectivity index (χ4n) is 4.35. The second kappa shape index (κ2) is 8.37. The van der Waals surface area contributed by atoms with Crippen LogP contribution in [0.1, 0.15) is 59.9 Å². The Morgan fingerprint density at radius 2 is 1.62 bits per heavy atom. The average Bonchev–Trinajstić information content (AvgIpc) is 2.72. The lowest BCUT2D eigenvalue weighted by Crippen LogP contribution is -2.30. The molecular weight excluding hydrogens is 391 g/mol. The molecule has 2 aromatic carbocycles. The summed E-state index contributed by atoms with van der Waals surface area (Å²) < 4.78 is 13.4. The Labute approximate surface area is 172 Å². The van der Waals surface area contributed by atoms with Gasteiger partial charge in [0.1, 0.15) is 5.82 Å². The van der Waals surface area contributed by atoms with Gasteiger partial charge in [0.2, 0.25) is 0 Å². The van der Waals surface area contributed by atoms with Crippen LogP contribution < -0.4 is 11.2 Å². The first kappa shape index (κ1) is 19.6. The van der Waals surface area contributed by atoms with E-state index in [1.54, 1.807) is 6.07 Å². The number of halogens is 2. The van der Waals surface area contributed by atoms with Gasteiger partial charge in [-0.3, -0.25) is 9.78 Å². The van der Waals surface area contributed by atoms with Gasteiger partial charge in [0.25, 0.3) is 5.56 Å². The monoisotopic (exact) mass is 412 g/mol. The van der Waals surface area contributed by atoms with Crippen LogP contribution in [-0.4, -0.2) is 9.97 Å². The van der Waals surface area contributed by atoms with Gasteiger partial charge in [-0.25, -0.2) is 9.18 Å². The standard InChI is InChI=1S/C23H22ClFN2O2/c24-20-13-18(25)11-10-17(20)12-19-21(26-23(29)27-22(19)28)16-8-6-15(7-9-16)14-4-2-1-3-5-14/h1-5,10-11,13,15-16H,6-9,12H2,(H2,26,27,28,29). The van der Waals surface area contributed by atoms with Gasteiger partial charge in [-0.1, -0.05) is 48.0 Å². The molecule has 1 heterocycles. The highest BCUT2D eigenvalue weighted by Gasteiger charge is 2.27. The quantitative estimate of drug-likeness (QED) is 0.640. The Morgan fingerprint density at radius 3 is 2.31 bits per heavy atom. The third kappa shape index (κ3) is 4.35. The van der Waals surface area contributed by atoms with Crippen molar-refractivity contribution in [3.8, 4) is 0 Å². The van der Waals surface area contributed by atoms with E-state index >= 15 is 0 Å². The largest absolute Gasteiger partial charge is 0.325 e. The maximum atomic E-state index is 13.4. The smallest absolute Gasteiger partial charge is 0.311 e. The van der Waals surface area contributed by atoms with E-state index in [-0.39, 0.29) is 17.4 Å². The highest BCUT2D eigenvalue weighted by molar-refractivity contribution is 6.31. The summed E-state index contributed by atoms with van der Waals surface area (Å²) in [6.45, 7) is 0. The van der Waals surface area contributed by atoms with Gasteiger partial charge >= 0.3 is 5.69 Å². The first-order valence-corrected chi connectivity index (χ1v) is 10.2. The summed E-state index contributed by atoms with van der Waals surface area (Å²) in [5.41, 5.74) is 2.28. The topological polar surface area (TPSA) is 65.7 Å². The lowest BCUT2D eigenvalue weighted by Gasteiger charge is -2.29. The second-order valence-electron chi connectivity index (χ2n) is 7.67. The summed E-state index contributed by atoms with van der Waals surface area (Å²) in [5.74, 6) is 0.184. The van der Waals surface area contributed by atoms with Gasteiger partial charge in [0.15, 0.2) is 0 Å². The molecule has 3 aromatic rings. The molecular formula is C23H22ClFN2O2. The van der Waals surface area contributed by atoms with Gasteiger partial charge in [0, 0.05) is 22.7 Å². The number of H-pyrrole nitrogens is 2. The van der Waals surface area contributed by atoms with Crippen LogP contribution in [0.5, 0.6) is 0 Å². The molecule has 4 nitrogen and oxygen atoms in total. The predicted octanol–water partition coefficient (Wildman–Crippen LogP) is 4.89. The number of hydrogen-bond acceptors (Lipinski definition) is 2. The van der Waals surface area contributed by atoms with Crippen LogP contribution in [0.4, 0.5) is 4.39 Å². The van der Waals surface area contributed by atoms with Crippen molar-refractivity contribution < 1.29 is 4.39 Å². The first-order chi connectivity index (χ1) is 14.0. The number of nitrogens with one attached hydrogen (secondary N) is 2. The maximum Gasteiger partial charge on any atom is 0.325 e. The second-order valence-corrected chi connectivity index (χ2v) is 8.08. The van der Waals surface area contributed by atoms with Gasteiger partial charge in [-0.05, 0) is 60.8 Å². The number of benzene rings is 2. The van der Waals surface area contributed by atoms with Crippen LogP contribution in [0.2, 0.25) is 5.02 Å². The number of rotatable bonds is 4. The van der Waals surface area contributed by atoms with Crippen molar-refractivity contribution in [1.82, 2.24) is 9.97 Å². The van der Waals surface area contributed by atoms with E-state index in [2.05, 4.69) is 34.2 Å². The summed E-state index contributed by atoms with van der Waals surface area (Å²) in [7, 11) is 0. The van der Waals surface area contributed by atoms with Gasteiger partial charge in [-0.15, -0.1) is 0 Å². The van der Waals surface area contributed by atoms with Crippen LogP contribution in [0.15, 0.2) is 58.1 Å². The maximum absolute atomic E-state index is 13.4. The molecule has 0 saturated heterocycles. The molecule has 1 aromatic heterocycles. The minimum Gasteiger partial charge on any atom is -0.311 e. The molecule has 0 unspecified atom stereocenters. The Balaban J connectivity index is 1.61. The Morgan fingerprint density at radius 1 is 0.931 bits per heavy atom. The molecule has 1 fully saturated rings. The first-order valence-electron chi connectivity index (χ1n) is 9.85. The Hall–Kier alpha value is -2.66. The molecule has 2 N–H and O–H groups in total. The van der Waals surface area contributed by atoms with Crippen molar-refractivity contribution in [2.75, 3.05) is 0 Å². The van der Waals surface area contributed by atoms with Crippen molar-refractivity contribution in [2.24, 2.45) is 0 Å². The van der Waals surface area contributed by atoms with E-state index in [0.29, 0.717) is 22.7 Å². The SMILES string of the molecule is O=c1[nH]c(C2CCC(c3ccccc3)CC2)c(Cc2ccc(F)cc2Cl)c(=O)[nH]1. The van der Waals surface area contributed by atoms with E-state index in [9.17, 15) is 14.0 Å². The van der Waals surface area contributed by atoms with Crippen molar-refractivity contribution in [3.63, 3.8) is 0 Å². The van der Waals surface area contributed by atoms with Crippen LogP contribution in [0, 0.1) is 5.82 Å². The minimum atomic E-state index is -0.496. The summed E-state index contributed by atoms with van der Waals surface area (Å²) in [4.78, 5) is 29.7. The molecule has 0 radical (unpaired) electrons. The zero-order chi connectivity index (χ0) is 20.4. The third-order valence-electron chi connectivity index (χ3n) is 5.86. The zero-order valence-corrected chi connectivity index (χ0v) is 16.6. The normalized spacial score (nSPS) is 19.2. The summed E-state index contributed by atoms with van der Waals surface area (Å²) in [6.07, 6.45) is 4.03. The summed E-state index contributed by atoms with van der Waals surface area (Å²) in [5, 5.41) is 0.273. The summed E-state index contributed by atoms with van der Waals surface area (Å²) >= 11 is 6.16. The van der Waals surface area contributed by atoms with E-state index < -0.39 is 17.1 Å². The molecule has 0 amide bonds. The highest BCUT2D eigenvalue weighted by atomic mass is 35.5. The molecule has 0 spiro atoms. The lowest BCUT2D eigenvalue weighted by atomic mass is 9.76. The highest BCUT2D eigenvalue weighted by Crippen LogP contribution is 2.40. The number of aromatic nitrogens is 2. The van der Waals surface area contributed by atoms with E-state index in [4.69, 9.17) is 11.6 Å². The van der Waals surface area contributed by atoms with Gasteiger partial charge < -0.3 is 4.98 Å². The minimum absolute atomic E-state index is 0.110. The molecule has 1 saturated carbocycles. The third-order valence-corrected chi connectivity index (χ3v) is 6.22. The van der Waals surface area contributed by atoms with E-state index in [1.807, 2.05) is 6.07 Å². The summed E-state index contributed by atoms with van der Waals surface area (Å²) in [6, 6.07) is 14.6. The molecule has 29 heavy (non-hydrogen) atoms. The van der Waals surface area contributed by atoms with Crippen molar-refractivity contribution in [1.29, 1.82) is 0 Å². The Bertz CT molecular complexity index is 1120. The molecule has 0 bridgehead atoms. The average molecular weight is 413 g/mol.